The Morgan fingerprint density at radius 2 is 2.11 bits per heavy atom. The molecule has 1 aromatic rings. The average Bonchev–Trinajstić information content (AvgIpc) is 2.82. The van der Waals surface area contributed by atoms with E-state index in [0.29, 0.717) is 0 Å². The van der Waals surface area contributed by atoms with Crippen LogP contribution in [0.4, 0.5) is 0 Å². The molecule has 0 aromatic heterocycles. The van der Waals surface area contributed by atoms with Gasteiger partial charge in [0.15, 0.2) is 0 Å². The van der Waals surface area contributed by atoms with E-state index in [9.17, 15) is 0 Å². The van der Waals surface area contributed by atoms with Gasteiger partial charge in [0.25, 0.3) is 0 Å². The smallest absolute Gasteiger partial charge is 0.0236 e. The Labute approximate surface area is 123 Å². The van der Waals surface area contributed by atoms with Crippen LogP contribution in [0, 0.1) is 19.8 Å². The van der Waals surface area contributed by atoms with Crippen molar-refractivity contribution in [2.75, 3.05) is 19.6 Å². The number of hydrogen-bond donors (Lipinski definition) is 1. The first kappa shape index (κ1) is 14.8. The summed E-state index contributed by atoms with van der Waals surface area (Å²) in [4.78, 5) is 2.65. The van der Waals surface area contributed by atoms with Gasteiger partial charge < -0.3 is 5.32 Å². The van der Waals surface area contributed by atoms with Crippen molar-refractivity contribution in [3.8, 4) is 0 Å². The zero-order chi connectivity index (χ0) is 12.5. The molecule has 0 radical (unpaired) electrons. The molecule has 2 fully saturated rings. The monoisotopic (exact) mass is 280 g/mol. The predicted molar refractivity (Wildman–Crippen MR) is 83.0 cm³/mol. The molecule has 2 atom stereocenters. The van der Waals surface area contributed by atoms with Gasteiger partial charge in [-0.3, -0.25) is 4.90 Å². The fourth-order valence-electron chi connectivity index (χ4n) is 3.49. The molecule has 19 heavy (non-hydrogen) atoms. The van der Waals surface area contributed by atoms with Gasteiger partial charge in [0, 0.05) is 19.1 Å². The van der Waals surface area contributed by atoms with Gasteiger partial charge in [-0.1, -0.05) is 18.2 Å². The van der Waals surface area contributed by atoms with Crippen LogP contribution >= 0.6 is 12.4 Å². The molecule has 2 nitrogen and oxygen atoms in total. The van der Waals surface area contributed by atoms with E-state index in [0.717, 1.165) is 18.5 Å². The van der Waals surface area contributed by atoms with E-state index in [1.807, 2.05) is 0 Å². The number of halogens is 1. The van der Waals surface area contributed by atoms with Crippen LogP contribution in [0.3, 0.4) is 0 Å². The van der Waals surface area contributed by atoms with E-state index in [-0.39, 0.29) is 12.4 Å². The van der Waals surface area contributed by atoms with Crippen molar-refractivity contribution in [1.29, 1.82) is 0 Å². The van der Waals surface area contributed by atoms with E-state index in [1.165, 1.54) is 49.2 Å². The molecule has 0 bridgehead atoms. The minimum Gasteiger partial charge on any atom is -0.314 e. The first-order chi connectivity index (χ1) is 8.74. The molecule has 106 valence electrons. The van der Waals surface area contributed by atoms with Gasteiger partial charge in [0.05, 0.1) is 0 Å². The molecular formula is C16H25ClN2. The molecular weight excluding hydrogens is 256 g/mol. The summed E-state index contributed by atoms with van der Waals surface area (Å²) in [6, 6.07) is 7.51. The van der Waals surface area contributed by atoms with Crippen molar-refractivity contribution in [2.24, 2.45) is 5.92 Å². The van der Waals surface area contributed by atoms with Crippen LogP contribution in [0.1, 0.15) is 29.5 Å². The topological polar surface area (TPSA) is 15.3 Å². The summed E-state index contributed by atoms with van der Waals surface area (Å²) >= 11 is 0. The lowest BCUT2D eigenvalue weighted by atomic mass is 9.92. The van der Waals surface area contributed by atoms with Gasteiger partial charge in [-0.15, -0.1) is 12.4 Å². The maximum absolute atomic E-state index is 3.64. The molecule has 2 aliphatic heterocycles. The van der Waals surface area contributed by atoms with Gasteiger partial charge in [0.2, 0.25) is 0 Å². The summed E-state index contributed by atoms with van der Waals surface area (Å²) in [6.07, 6.45) is 2.70. The zero-order valence-electron chi connectivity index (χ0n) is 12.0. The number of fused-ring (bicyclic) bond motifs is 1. The second kappa shape index (κ2) is 6.25. The van der Waals surface area contributed by atoms with Gasteiger partial charge in [-0.05, 0) is 62.4 Å². The van der Waals surface area contributed by atoms with Gasteiger partial charge in [-0.25, -0.2) is 0 Å². The predicted octanol–water partition coefficient (Wildman–Crippen LogP) is 2.91. The molecule has 0 amide bonds. The minimum atomic E-state index is 0. The lowest BCUT2D eigenvalue weighted by Gasteiger charge is -2.35. The highest BCUT2D eigenvalue weighted by Crippen LogP contribution is 2.26. The van der Waals surface area contributed by atoms with Crippen LogP contribution in [-0.4, -0.2) is 30.6 Å². The molecule has 0 saturated carbocycles. The molecule has 3 heteroatoms. The van der Waals surface area contributed by atoms with Crippen molar-refractivity contribution in [3.63, 3.8) is 0 Å². The normalized spacial score (nSPS) is 26.8. The van der Waals surface area contributed by atoms with Crippen molar-refractivity contribution in [3.05, 3.63) is 34.9 Å². The zero-order valence-corrected chi connectivity index (χ0v) is 12.8. The van der Waals surface area contributed by atoms with Gasteiger partial charge in [-0.2, -0.15) is 0 Å². The number of nitrogens with one attached hydrogen (secondary N) is 1. The minimum absolute atomic E-state index is 0. The lowest BCUT2D eigenvalue weighted by Crippen LogP contribution is -2.44. The number of piperidine rings is 1. The van der Waals surface area contributed by atoms with E-state index >= 15 is 0 Å². The highest BCUT2D eigenvalue weighted by Gasteiger charge is 2.32. The number of likely N-dealkylation sites (tertiary alicyclic amines) is 1. The molecule has 1 aromatic carbocycles. The maximum atomic E-state index is 3.64. The molecule has 2 heterocycles. The standard InChI is InChI=1S/C16H24N2.ClH/c1-12-4-3-5-14(13(12)2)10-18-9-7-16-15(11-18)6-8-17-16;/h3-5,15-17H,6-11H2,1-2H3;1H. The molecule has 2 saturated heterocycles. The molecule has 3 rings (SSSR count). The van der Waals surface area contributed by atoms with E-state index < -0.39 is 0 Å². The van der Waals surface area contributed by atoms with Crippen LogP contribution in [0.2, 0.25) is 0 Å². The number of nitrogens with zero attached hydrogens (tertiary/aromatic N) is 1. The molecule has 0 aliphatic carbocycles. The maximum Gasteiger partial charge on any atom is 0.0236 e. The van der Waals surface area contributed by atoms with Crippen LogP contribution in [0.15, 0.2) is 18.2 Å². The lowest BCUT2D eigenvalue weighted by molar-refractivity contribution is 0.155. The van der Waals surface area contributed by atoms with E-state index in [2.05, 4.69) is 42.3 Å². The van der Waals surface area contributed by atoms with Gasteiger partial charge >= 0.3 is 0 Å². The van der Waals surface area contributed by atoms with Crippen LogP contribution < -0.4 is 5.32 Å². The second-order valence-corrected chi connectivity index (χ2v) is 5.99. The Kier molecular flexibility index (Phi) is 4.88. The second-order valence-electron chi connectivity index (χ2n) is 5.99. The average molecular weight is 281 g/mol. The van der Waals surface area contributed by atoms with Crippen LogP contribution in [0.25, 0.3) is 0 Å². The van der Waals surface area contributed by atoms with Crippen molar-refractivity contribution >= 4 is 12.4 Å². The van der Waals surface area contributed by atoms with E-state index in [4.69, 9.17) is 0 Å². The van der Waals surface area contributed by atoms with Gasteiger partial charge in [0.1, 0.15) is 0 Å². The third-order valence-corrected chi connectivity index (χ3v) is 4.85. The number of rotatable bonds is 2. The molecule has 2 unspecified atom stereocenters. The summed E-state index contributed by atoms with van der Waals surface area (Å²) in [5.74, 6) is 0.892. The highest BCUT2D eigenvalue weighted by molar-refractivity contribution is 5.85. The Morgan fingerprint density at radius 3 is 2.95 bits per heavy atom. The Hall–Kier alpha value is -0.570. The molecule has 0 spiro atoms. The SMILES string of the molecule is Cc1cccc(CN2CCC3NCCC3C2)c1C.Cl. The first-order valence-corrected chi connectivity index (χ1v) is 7.25. The van der Waals surface area contributed by atoms with Crippen molar-refractivity contribution < 1.29 is 0 Å². The summed E-state index contributed by atoms with van der Waals surface area (Å²) in [7, 11) is 0. The largest absolute Gasteiger partial charge is 0.314 e. The molecule has 1 N–H and O–H groups in total. The Bertz CT molecular complexity index is 433. The summed E-state index contributed by atoms with van der Waals surface area (Å²) in [6.45, 7) is 9.37. The van der Waals surface area contributed by atoms with E-state index in [1.54, 1.807) is 0 Å². The fourth-order valence-corrected chi connectivity index (χ4v) is 3.49. The quantitative estimate of drug-likeness (QED) is 0.896. The number of benzene rings is 1. The Balaban J connectivity index is 0.00000133. The third-order valence-electron chi connectivity index (χ3n) is 4.85. The summed E-state index contributed by atoms with van der Waals surface area (Å²) < 4.78 is 0. The number of hydrogen-bond acceptors (Lipinski definition) is 2. The van der Waals surface area contributed by atoms with Crippen molar-refractivity contribution in [2.45, 2.75) is 39.3 Å². The molecule has 2 aliphatic rings. The third kappa shape index (κ3) is 3.13. The van der Waals surface area contributed by atoms with Crippen LogP contribution in [0.5, 0.6) is 0 Å². The summed E-state index contributed by atoms with van der Waals surface area (Å²) in [5.41, 5.74) is 4.41. The fraction of sp³-hybridized carbons (Fsp3) is 0.625. The number of aryl methyl sites for hydroxylation is 1. The Morgan fingerprint density at radius 1 is 1.26 bits per heavy atom. The first-order valence-electron chi connectivity index (χ1n) is 7.25. The summed E-state index contributed by atoms with van der Waals surface area (Å²) in [5, 5.41) is 3.64. The highest BCUT2D eigenvalue weighted by atomic mass is 35.5. The van der Waals surface area contributed by atoms with Crippen LogP contribution in [-0.2, 0) is 6.54 Å². The van der Waals surface area contributed by atoms with Crippen molar-refractivity contribution in [1.82, 2.24) is 10.2 Å².